The van der Waals surface area contributed by atoms with Gasteiger partial charge in [0.05, 0.1) is 0 Å². The van der Waals surface area contributed by atoms with Gasteiger partial charge in [0.2, 0.25) is 0 Å². The van der Waals surface area contributed by atoms with E-state index in [0.717, 1.165) is 32.1 Å². The number of carbonyl (C=O) groups excluding carboxylic acids is 1. The van der Waals surface area contributed by atoms with E-state index in [9.17, 15) is 9.70 Å². The Kier molecular flexibility index (Phi) is 3.78. The van der Waals surface area contributed by atoms with Crippen LogP contribution in [-0.2, 0) is 0 Å². The van der Waals surface area contributed by atoms with Crippen LogP contribution in [0.15, 0.2) is 29.4 Å². The number of hydrogen-bond acceptors (Lipinski definition) is 4. The van der Waals surface area contributed by atoms with Crippen LogP contribution in [0.3, 0.4) is 0 Å². The van der Waals surface area contributed by atoms with Gasteiger partial charge in [0, 0.05) is 38.3 Å². The predicted molar refractivity (Wildman–Crippen MR) is 77.0 cm³/mol. The van der Waals surface area contributed by atoms with Crippen LogP contribution < -0.4 is 0 Å². The Morgan fingerprint density at radius 1 is 1.10 bits per heavy atom. The molecule has 0 radical (unpaired) electrons. The van der Waals surface area contributed by atoms with Crippen molar-refractivity contribution in [2.75, 3.05) is 32.7 Å². The highest BCUT2D eigenvalue weighted by atomic mass is 16.3. The zero-order valence-corrected chi connectivity index (χ0v) is 11.5. The molecule has 0 N–H and O–H groups in total. The fraction of sp³-hybridized carbons (Fsp3) is 0.533. The minimum Gasteiger partial charge on any atom is -0.336 e. The highest BCUT2D eigenvalue weighted by Gasteiger charge is 2.27. The Morgan fingerprint density at radius 3 is 2.30 bits per heavy atom. The standard InChI is InChI=1S/C15H19N3O2/c19-15(13-3-5-14(16-20)6-4-13)18-9-7-17(8-10-18)11-12-1-2-12/h3-6,12H,1-2,7-11H2. The van der Waals surface area contributed by atoms with Crippen LogP contribution in [0.5, 0.6) is 0 Å². The lowest BCUT2D eigenvalue weighted by Crippen LogP contribution is -2.49. The number of nitrogens with zero attached hydrogens (tertiary/aromatic N) is 3. The van der Waals surface area contributed by atoms with Gasteiger partial charge >= 0.3 is 0 Å². The van der Waals surface area contributed by atoms with Crippen molar-refractivity contribution in [3.8, 4) is 0 Å². The molecule has 3 rings (SSSR count). The summed E-state index contributed by atoms with van der Waals surface area (Å²) in [6.45, 7) is 4.71. The van der Waals surface area contributed by atoms with E-state index in [1.807, 2.05) is 4.90 Å². The first-order valence-electron chi connectivity index (χ1n) is 7.21. The summed E-state index contributed by atoms with van der Waals surface area (Å²) in [6, 6.07) is 6.53. The molecule has 1 saturated heterocycles. The quantitative estimate of drug-likeness (QED) is 0.791. The molecule has 1 aromatic rings. The summed E-state index contributed by atoms with van der Waals surface area (Å²) in [4.78, 5) is 27.1. The largest absolute Gasteiger partial charge is 0.336 e. The van der Waals surface area contributed by atoms with Gasteiger partial charge in [-0.25, -0.2) is 0 Å². The Labute approximate surface area is 118 Å². The summed E-state index contributed by atoms with van der Waals surface area (Å²) in [5.74, 6) is 0.953. The first kappa shape index (κ1) is 13.2. The third-order valence-corrected chi connectivity index (χ3v) is 4.09. The highest BCUT2D eigenvalue weighted by molar-refractivity contribution is 5.94. The molecule has 1 aromatic carbocycles. The minimum atomic E-state index is 0.0496. The molecule has 5 nitrogen and oxygen atoms in total. The number of nitroso groups, excluding NO2 is 1. The molecule has 0 atom stereocenters. The number of amides is 1. The third-order valence-electron chi connectivity index (χ3n) is 4.09. The van der Waals surface area contributed by atoms with Gasteiger partial charge in [-0.3, -0.25) is 9.69 Å². The van der Waals surface area contributed by atoms with Gasteiger partial charge in [-0.1, -0.05) is 0 Å². The van der Waals surface area contributed by atoms with Crippen molar-refractivity contribution in [2.45, 2.75) is 12.8 Å². The third kappa shape index (κ3) is 3.04. The summed E-state index contributed by atoms with van der Waals surface area (Å²) in [5, 5.41) is 2.85. The molecule has 1 saturated carbocycles. The Morgan fingerprint density at radius 2 is 1.75 bits per heavy atom. The second kappa shape index (κ2) is 5.71. The van der Waals surface area contributed by atoms with Crippen molar-refractivity contribution in [1.29, 1.82) is 0 Å². The van der Waals surface area contributed by atoms with Gasteiger partial charge in [0.25, 0.3) is 5.91 Å². The monoisotopic (exact) mass is 273 g/mol. The highest BCUT2D eigenvalue weighted by Crippen LogP contribution is 2.30. The maximum atomic E-state index is 12.3. The van der Waals surface area contributed by atoms with Gasteiger partial charge in [-0.15, -0.1) is 4.91 Å². The first-order chi connectivity index (χ1) is 9.76. The summed E-state index contributed by atoms with van der Waals surface area (Å²) in [5.41, 5.74) is 0.990. The predicted octanol–water partition coefficient (Wildman–Crippen LogP) is 2.25. The van der Waals surface area contributed by atoms with Gasteiger partial charge in [-0.05, 0) is 48.2 Å². The molecule has 20 heavy (non-hydrogen) atoms. The van der Waals surface area contributed by atoms with E-state index in [0.29, 0.717) is 11.3 Å². The van der Waals surface area contributed by atoms with Crippen LogP contribution in [0.25, 0.3) is 0 Å². The number of hydrogen-bond donors (Lipinski definition) is 0. The Balaban J connectivity index is 1.55. The summed E-state index contributed by atoms with van der Waals surface area (Å²) >= 11 is 0. The van der Waals surface area contributed by atoms with Crippen LogP contribution in [0, 0.1) is 10.8 Å². The van der Waals surface area contributed by atoms with Crippen LogP contribution in [0.1, 0.15) is 23.2 Å². The molecule has 1 aliphatic heterocycles. The van der Waals surface area contributed by atoms with E-state index >= 15 is 0 Å². The topological polar surface area (TPSA) is 53.0 Å². The molecule has 2 aliphatic rings. The van der Waals surface area contributed by atoms with E-state index in [1.165, 1.54) is 19.4 Å². The molecular formula is C15H19N3O2. The van der Waals surface area contributed by atoms with E-state index in [4.69, 9.17) is 0 Å². The summed E-state index contributed by atoms with van der Waals surface area (Å²) in [6.07, 6.45) is 2.74. The zero-order valence-electron chi connectivity index (χ0n) is 11.5. The number of rotatable bonds is 4. The molecule has 106 valence electrons. The van der Waals surface area contributed by atoms with Gasteiger partial charge in [0.15, 0.2) is 0 Å². The SMILES string of the molecule is O=Nc1ccc(C(=O)N2CCN(CC3CC3)CC2)cc1. The Bertz CT molecular complexity index is 488. The minimum absolute atomic E-state index is 0.0496. The second-order valence-electron chi connectivity index (χ2n) is 5.67. The fourth-order valence-corrected chi connectivity index (χ4v) is 2.65. The van der Waals surface area contributed by atoms with Crippen molar-refractivity contribution < 1.29 is 4.79 Å². The molecule has 1 heterocycles. The van der Waals surface area contributed by atoms with Crippen molar-refractivity contribution in [3.05, 3.63) is 34.7 Å². The zero-order chi connectivity index (χ0) is 13.9. The lowest BCUT2D eigenvalue weighted by atomic mass is 10.1. The number of benzene rings is 1. The maximum Gasteiger partial charge on any atom is 0.253 e. The van der Waals surface area contributed by atoms with Crippen LogP contribution in [0.2, 0.25) is 0 Å². The molecule has 1 amide bonds. The maximum absolute atomic E-state index is 12.3. The molecule has 2 fully saturated rings. The van der Waals surface area contributed by atoms with Crippen molar-refractivity contribution in [3.63, 3.8) is 0 Å². The molecule has 0 aromatic heterocycles. The van der Waals surface area contributed by atoms with Crippen LogP contribution in [-0.4, -0.2) is 48.4 Å². The molecule has 0 unspecified atom stereocenters. The Hall–Kier alpha value is -1.75. The van der Waals surface area contributed by atoms with Crippen molar-refractivity contribution in [2.24, 2.45) is 11.1 Å². The van der Waals surface area contributed by atoms with Crippen LogP contribution in [0.4, 0.5) is 5.69 Å². The van der Waals surface area contributed by atoms with Crippen molar-refractivity contribution >= 4 is 11.6 Å². The average Bonchev–Trinajstić information content (AvgIpc) is 3.31. The van der Waals surface area contributed by atoms with E-state index in [1.54, 1.807) is 24.3 Å². The lowest BCUT2D eigenvalue weighted by Gasteiger charge is -2.34. The van der Waals surface area contributed by atoms with Gasteiger partial charge in [-0.2, -0.15) is 0 Å². The van der Waals surface area contributed by atoms with Crippen LogP contribution >= 0.6 is 0 Å². The lowest BCUT2D eigenvalue weighted by molar-refractivity contribution is 0.0632. The average molecular weight is 273 g/mol. The van der Waals surface area contributed by atoms with Gasteiger partial charge in [0.1, 0.15) is 5.69 Å². The van der Waals surface area contributed by atoms with E-state index in [2.05, 4.69) is 10.1 Å². The summed E-state index contributed by atoms with van der Waals surface area (Å²) in [7, 11) is 0. The molecule has 5 heteroatoms. The van der Waals surface area contributed by atoms with E-state index < -0.39 is 0 Å². The smallest absolute Gasteiger partial charge is 0.253 e. The fourth-order valence-electron chi connectivity index (χ4n) is 2.65. The van der Waals surface area contributed by atoms with Crippen molar-refractivity contribution in [1.82, 2.24) is 9.80 Å². The first-order valence-corrected chi connectivity index (χ1v) is 7.21. The second-order valence-corrected chi connectivity index (χ2v) is 5.67. The van der Waals surface area contributed by atoms with Gasteiger partial charge < -0.3 is 4.90 Å². The molecule has 0 bridgehead atoms. The molecule has 1 aliphatic carbocycles. The van der Waals surface area contributed by atoms with E-state index in [-0.39, 0.29) is 5.91 Å². The summed E-state index contributed by atoms with van der Waals surface area (Å²) < 4.78 is 0. The normalized spacial score (nSPS) is 19.9. The molecule has 0 spiro atoms. The number of carbonyl (C=O) groups is 1. The molecular weight excluding hydrogens is 254 g/mol. The number of piperazine rings is 1.